The number of nitrogens with zero attached hydrogens (tertiary/aromatic N) is 9. The molecule has 16 aromatic rings. The van der Waals surface area contributed by atoms with E-state index in [0.717, 1.165) is 225 Å². The molecule has 8 aromatic heterocycles. The van der Waals surface area contributed by atoms with Gasteiger partial charge in [0.05, 0.1) is 46.3 Å². The lowest BCUT2D eigenvalue weighted by Crippen LogP contribution is -2.21. The van der Waals surface area contributed by atoms with Gasteiger partial charge in [0, 0.05) is 102 Å². The Morgan fingerprint density at radius 2 is 0.855 bits per heavy atom. The van der Waals surface area contributed by atoms with Gasteiger partial charge >= 0.3 is 5.97 Å². The number of phenolic OH excluding ortho intramolecular Hbond substituents is 4. The maximum atomic E-state index is 12.1. The number of aromatic nitrogens is 13. The molecule has 0 bridgehead atoms. The van der Waals surface area contributed by atoms with Gasteiger partial charge < -0.3 is 85.6 Å². The van der Waals surface area contributed by atoms with Crippen LogP contribution in [0.25, 0.3) is 83.2 Å². The van der Waals surface area contributed by atoms with E-state index in [-0.39, 0.29) is 65.2 Å². The predicted octanol–water partition coefficient (Wildman–Crippen LogP) is 21.8. The molecule has 4 fully saturated rings. The summed E-state index contributed by atoms with van der Waals surface area (Å²) in [6, 6.07) is 54.8. The minimum atomic E-state index is -0.382. The molecular formula is C108H110N18O12. The fourth-order valence-electron chi connectivity index (χ4n) is 18.4. The third-order valence-electron chi connectivity index (χ3n) is 25.7. The second-order valence-electron chi connectivity index (χ2n) is 35.1. The first-order valence-electron chi connectivity index (χ1n) is 47.3. The summed E-state index contributed by atoms with van der Waals surface area (Å²) in [5, 5.41) is 63.3. The van der Waals surface area contributed by atoms with Crippen LogP contribution in [0.2, 0.25) is 0 Å². The molecule has 5 aliphatic carbocycles. The van der Waals surface area contributed by atoms with E-state index < -0.39 is 0 Å². The van der Waals surface area contributed by atoms with Crippen molar-refractivity contribution in [2.24, 2.45) is 0 Å². The van der Waals surface area contributed by atoms with Gasteiger partial charge in [-0.05, 0) is 275 Å². The number of nitrogens with one attached hydrogen (secondary N) is 9. The van der Waals surface area contributed by atoms with E-state index in [4.69, 9.17) is 53.6 Å². The summed E-state index contributed by atoms with van der Waals surface area (Å²) in [7, 11) is 4.59. The van der Waals surface area contributed by atoms with Crippen LogP contribution in [0.3, 0.4) is 0 Å². The highest BCUT2D eigenvalue weighted by Gasteiger charge is 2.31. The van der Waals surface area contributed by atoms with Crippen molar-refractivity contribution in [3.05, 3.63) is 275 Å². The number of phenols is 4. The molecule has 704 valence electrons. The Labute approximate surface area is 797 Å². The van der Waals surface area contributed by atoms with E-state index in [1.807, 2.05) is 124 Å². The fourth-order valence-corrected chi connectivity index (χ4v) is 18.4. The van der Waals surface area contributed by atoms with Crippen LogP contribution in [0.4, 0.5) is 34.9 Å². The van der Waals surface area contributed by atoms with Crippen LogP contribution in [0, 0.1) is 6.92 Å². The van der Waals surface area contributed by atoms with Crippen LogP contribution < -0.4 is 45.5 Å². The number of benzene rings is 8. The van der Waals surface area contributed by atoms with Gasteiger partial charge in [0.1, 0.15) is 70.2 Å². The standard InChI is InChI=1S/C29H28N4O2.C27H29N5O3.C26H27N5O3.C26H26N4O4/c34-23-11-9-20(10-12-23)25-13-14-26-28(25)29(35-24-7-2-1-3-8-24)33-27(32-26)16-19-5-4-6-21(15-19)22-17-30-31-18-22;1-3-16-14-18(25(34)28-2)10-13-22(16)30-27-31-24-23(26(32-27)35-20-6-4-5-7-20)21(15-29-24)17-8-11-19(33)12-9-17;1-27-24(33)17-7-11-18(12-8-17)29-26-30-23-22(25(31-26)34-20-5-3-2-4-6-20)21(15-28-23)16-9-13-19(32)14-10-16;1-15-13-17(25(32)33-2)9-12-21(15)28-26-29-23-22(24(30-26)34-19-5-3-4-6-19)20(14-27-23)16-7-10-18(31)11-8-16/h4-6,9-13,15,17-18,24,34H,1-3,7-8,14,16H2,(H,30,31);8-15,20,33H,3-7H2,1-2H3,(H,28,34)(H2,29,30,31,32);7-15,20,32H,2-6H2,1H3,(H,27,33)(H2,28,29,30,31);7-14,19,31H,3-6H2,1-2H3,(H2,27,28,29,30). The van der Waals surface area contributed by atoms with Gasteiger partial charge in [-0.1, -0.05) is 98.6 Å². The summed E-state index contributed by atoms with van der Waals surface area (Å²) in [6.07, 6.45) is 34.3. The molecule has 5 aliphatic rings. The highest BCUT2D eigenvalue weighted by atomic mass is 16.5. The maximum absolute atomic E-state index is 12.1. The summed E-state index contributed by atoms with van der Waals surface area (Å²) >= 11 is 0. The third-order valence-corrected chi connectivity index (χ3v) is 25.7. The molecular weight excluding hydrogens is 1740 g/mol. The third kappa shape index (κ3) is 21.8. The molecule has 2 amide bonds. The smallest absolute Gasteiger partial charge is 0.337 e. The number of anilines is 6. The SMILES string of the molecule is CCc1cc(C(=O)NC)ccc1Nc1nc(OC2CCCC2)c2c(-c3ccc(O)cc3)c[nH]c2n1.CNC(=O)c1ccc(Nc2nc(OC3CCCCC3)c3c(-c4ccc(O)cc4)c[nH]c3n2)cc1.COC(=O)c1ccc(Nc2nc(OC3CCCC3)c3c(-c4ccc(O)cc4)c[nH]c3n2)c(C)c1.Oc1ccc(C2=CCc3nc(Cc4cccc(-c5cn[nH]c5)c4)nc(OC4CCCCC4)c32)cc1. The van der Waals surface area contributed by atoms with E-state index in [9.17, 15) is 34.8 Å². The van der Waals surface area contributed by atoms with Crippen LogP contribution in [0.15, 0.2) is 219 Å². The van der Waals surface area contributed by atoms with Gasteiger partial charge in [-0.15, -0.1) is 0 Å². The van der Waals surface area contributed by atoms with Crippen LogP contribution in [0.5, 0.6) is 46.5 Å². The van der Waals surface area contributed by atoms with Gasteiger partial charge in [-0.2, -0.15) is 40.0 Å². The van der Waals surface area contributed by atoms with Crippen LogP contribution >= 0.6 is 0 Å². The molecule has 0 unspecified atom stereocenters. The zero-order valence-corrected chi connectivity index (χ0v) is 77.5. The number of methoxy groups -OCH3 is 1. The van der Waals surface area contributed by atoms with Gasteiger partial charge in [-0.3, -0.25) is 14.7 Å². The highest BCUT2D eigenvalue weighted by Crippen LogP contribution is 2.45. The number of H-pyrrole nitrogens is 4. The lowest BCUT2D eigenvalue weighted by Gasteiger charge is -2.24. The molecule has 138 heavy (non-hydrogen) atoms. The Morgan fingerprint density at radius 1 is 0.420 bits per heavy atom. The average Bonchev–Trinajstić information content (AvgIpc) is 1.61. The van der Waals surface area contributed by atoms with Crippen LogP contribution in [-0.4, -0.2) is 149 Å². The quantitative estimate of drug-likeness (QED) is 0.0236. The van der Waals surface area contributed by atoms with Crippen molar-refractivity contribution in [1.29, 1.82) is 0 Å². The van der Waals surface area contributed by atoms with Crippen molar-refractivity contribution >= 4 is 91.4 Å². The second kappa shape index (κ2) is 42.6. The molecule has 0 spiro atoms. The first kappa shape index (κ1) is 92.3. The molecule has 13 N–H and O–H groups in total. The highest BCUT2D eigenvalue weighted by molar-refractivity contribution is 6.01. The number of aryl methyl sites for hydroxylation is 2. The fraction of sp³-hybridized carbons (Fsp3) is 0.278. The number of aromatic hydroxyl groups is 4. The number of fused-ring (bicyclic) bond motifs is 4. The molecule has 0 atom stereocenters. The molecule has 30 nitrogen and oxygen atoms in total. The zero-order chi connectivity index (χ0) is 95.1. The first-order chi connectivity index (χ1) is 67.4. The number of aromatic amines is 4. The molecule has 21 rings (SSSR count). The van der Waals surface area contributed by atoms with E-state index in [0.29, 0.717) is 81.4 Å². The predicted molar refractivity (Wildman–Crippen MR) is 533 cm³/mol. The van der Waals surface area contributed by atoms with Gasteiger partial charge in [0.15, 0.2) is 0 Å². The number of hydrogen-bond acceptors (Lipinski definition) is 24. The van der Waals surface area contributed by atoms with Crippen molar-refractivity contribution in [2.75, 3.05) is 37.2 Å². The maximum Gasteiger partial charge on any atom is 0.337 e. The number of amides is 2. The number of allylic oxidation sites excluding steroid dienone is 1. The Kier molecular flexibility index (Phi) is 28.5. The molecule has 30 heteroatoms. The van der Waals surface area contributed by atoms with Crippen LogP contribution in [0.1, 0.15) is 193 Å². The molecule has 0 saturated heterocycles. The lowest BCUT2D eigenvalue weighted by molar-refractivity contribution is 0.0600. The Bertz CT molecular complexity index is 6970. The number of carbonyl (C=O) groups is 3. The van der Waals surface area contributed by atoms with Crippen molar-refractivity contribution < 1.29 is 58.5 Å². The van der Waals surface area contributed by atoms with E-state index in [1.54, 1.807) is 93.0 Å². The number of carbonyl (C=O) groups excluding carboxylic acids is 3. The molecule has 4 saturated carbocycles. The average molecular weight is 1850 g/mol. The summed E-state index contributed by atoms with van der Waals surface area (Å²) in [5.41, 5.74) is 20.9. The molecule has 0 radical (unpaired) electrons. The minimum Gasteiger partial charge on any atom is -0.508 e. The van der Waals surface area contributed by atoms with Crippen molar-refractivity contribution in [1.82, 2.24) is 75.7 Å². The normalized spacial score (nSPS) is 14.3. The first-order valence-corrected chi connectivity index (χ1v) is 47.3. The number of rotatable bonds is 25. The lowest BCUT2D eigenvalue weighted by atomic mass is 9.97. The number of hydrogen-bond donors (Lipinski definition) is 13. The summed E-state index contributed by atoms with van der Waals surface area (Å²) in [6.45, 7) is 3.95. The van der Waals surface area contributed by atoms with Crippen molar-refractivity contribution in [3.63, 3.8) is 0 Å². The van der Waals surface area contributed by atoms with E-state index in [1.165, 1.54) is 32.8 Å². The monoisotopic (exact) mass is 1850 g/mol. The molecule has 8 aromatic carbocycles. The van der Waals surface area contributed by atoms with Gasteiger partial charge in [0.2, 0.25) is 41.4 Å². The van der Waals surface area contributed by atoms with Crippen molar-refractivity contribution in [3.8, 4) is 91.0 Å². The van der Waals surface area contributed by atoms with E-state index >= 15 is 0 Å². The largest absolute Gasteiger partial charge is 0.508 e. The van der Waals surface area contributed by atoms with Crippen molar-refractivity contribution in [2.45, 2.75) is 173 Å². The Morgan fingerprint density at radius 3 is 1.31 bits per heavy atom. The molecule has 8 heterocycles. The summed E-state index contributed by atoms with van der Waals surface area (Å²) < 4.78 is 30.6. The van der Waals surface area contributed by atoms with Gasteiger partial charge in [-0.25, -0.2) is 9.78 Å². The summed E-state index contributed by atoms with van der Waals surface area (Å²) in [5.74, 6) is 4.55. The topological polar surface area (TPSA) is 418 Å². The molecule has 0 aliphatic heterocycles. The minimum absolute atomic E-state index is 0.120. The Balaban J connectivity index is 0.000000122. The zero-order valence-electron chi connectivity index (χ0n) is 77.5. The summed E-state index contributed by atoms with van der Waals surface area (Å²) in [4.78, 5) is 83.8. The Hall–Kier alpha value is -16.1. The van der Waals surface area contributed by atoms with Gasteiger partial charge in [0.25, 0.3) is 11.8 Å². The number of esters is 1. The second-order valence-corrected chi connectivity index (χ2v) is 35.1. The van der Waals surface area contributed by atoms with E-state index in [2.05, 4.69) is 92.0 Å². The number of ether oxygens (including phenoxy) is 5. The van der Waals surface area contributed by atoms with Crippen LogP contribution in [-0.2, 0) is 24.0 Å².